The highest BCUT2D eigenvalue weighted by atomic mass is 35.5. The SMILES string of the molecule is CC1=C(/C=C/C(C)=C/C=C/C(C)=C/C=C/C=C(C)/C=C/C=C(C)/C=C/C2=C(C)C(=O)C(O)CC2(C)C)C(C)(C)CC(O)C1=O.CC1=C(/C=C/C(C)=C/C=C/C(C)=C/C=C/C=C(C)/C=C/C=C(C)/C=C/C2=C(C)C(=O)C(OC(=O)C(N)CCCCN)CC2(C)C)C(C)(C)CC(OC(=O)C(N)CCCCN)C1=O.Cl.Cl.Cl.Cl. The van der Waals surface area contributed by atoms with Gasteiger partial charge in [-0.05, 0) is 201 Å². The molecule has 0 aliphatic heterocycles. The second kappa shape index (κ2) is 50.7. The van der Waals surface area contributed by atoms with Crippen molar-refractivity contribution in [1.29, 1.82) is 0 Å². The van der Waals surface area contributed by atoms with Crippen LogP contribution >= 0.6 is 49.6 Å². The van der Waals surface area contributed by atoms with Crippen LogP contribution in [0.5, 0.6) is 0 Å². The van der Waals surface area contributed by atoms with Crippen LogP contribution in [-0.2, 0) is 38.2 Å². The average molecular weight is 1600 g/mol. The van der Waals surface area contributed by atoms with Gasteiger partial charge in [-0.25, -0.2) is 0 Å². The molecule has 0 saturated carbocycles. The number of hydrogen-bond donors (Lipinski definition) is 6. The molecule has 0 spiro atoms. The highest BCUT2D eigenvalue weighted by Gasteiger charge is 2.43. The van der Waals surface area contributed by atoms with Crippen LogP contribution < -0.4 is 22.9 Å². The molecule has 4 rings (SSSR count). The second-order valence-electron chi connectivity index (χ2n) is 31.5. The Morgan fingerprint density at radius 3 is 0.809 bits per heavy atom. The Morgan fingerprint density at radius 1 is 0.364 bits per heavy atom. The Morgan fingerprint density at radius 2 is 0.573 bits per heavy atom. The number of halogens is 4. The number of allylic oxidation sites excluding steroid dienone is 40. The van der Waals surface area contributed by atoms with Crippen molar-refractivity contribution >= 4 is 84.7 Å². The number of ether oxygens (including phenoxy) is 2. The Balaban J connectivity index is 0. The molecule has 10 N–H and O–H groups in total. The van der Waals surface area contributed by atoms with Gasteiger partial charge in [0.2, 0.25) is 0 Å². The monoisotopic (exact) mass is 1590 g/mol. The third-order valence-electron chi connectivity index (χ3n) is 19.6. The number of carbonyl (C=O) groups excluding carboxylic acids is 6. The van der Waals surface area contributed by atoms with Gasteiger partial charge in [0.25, 0.3) is 0 Å². The lowest BCUT2D eigenvalue weighted by Gasteiger charge is -2.36. The summed E-state index contributed by atoms with van der Waals surface area (Å²) in [7, 11) is 0. The van der Waals surface area contributed by atoms with Gasteiger partial charge in [0.15, 0.2) is 35.3 Å². The molecule has 0 fully saturated rings. The summed E-state index contributed by atoms with van der Waals surface area (Å²) < 4.78 is 11.2. The van der Waals surface area contributed by atoms with Gasteiger partial charge in [0.05, 0.1) is 0 Å². The lowest BCUT2D eigenvalue weighted by molar-refractivity contribution is -0.157. The van der Waals surface area contributed by atoms with E-state index in [-0.39, 0.29) is 94.4 Å². The Hall–Kier alpha value is -7.18. The number of esters is 2. The van der Waals surface area contributed by atoms with Gasteiger partial charge in [-0.3, -0.25) is 28.8 Å². The molecule has 0 bridgehead atoms. The van der Waals surface area contributed by atoms with Crippen LogP contribution in [0.3, 0.4) is 0 Å². The van der Waals surface area contributed by atoms with Gasteiger partial charge in [-0.15, -0.1) is 49.6 Å². The van der Waals surface area contributed by atoms with Crippen LogP contribution in [0, 0.1) is 21.7 Å². The number of unbranched alkanes of at least 4 members (excludes halogenated alkanes) is 2. The van der Waals surface area contributed by atoms with E-state index < -0.39 is 48.4 Å². The third kappa shape index (κ3) is 35.2. The summed E-state index contributed by atoms with van der Waals surface area (Å²) in [5, 5.41) is 20.0. The van der Waals surface area contributed by atoms with Crippen molar-refractivity contribution in [2.45, 2.75) is 239 Å². The number of hydrogen-bond acceptors (Lipinski definition) is 14. The molecule has 4 aliphatic carbocycles. The topological polar surface area (TPSA) is 265 Å². The quantitative estimate of drug-likeness (QED) is 0.0208. The second-order valence-corrected chi connectivity index (χ2v) is 31.5. The maximum absolute atomic E-state index is 13.2. The summed E-state index contributed by atoms with van der Waals surface area (Å²) in [6.45, 7) is 41.0. The van der Waals surface area contributed by atoms with Gasteiger partial charge >= 0.3 is 11.9 Å². The smallest absolute Gasteiger partial charge is 0.323 e. The first-order valence-electron chi connectivity index (χ1n) is 37.5. The van der Waals surface area contributed by atoms with E-state index in [1.54, 1.807) is 27.7 Å². The molecular formula is C92H132Cl4N4O10. The number of aliphatic hydroxyl groups excluding tert-OH is 2. The number of nitrogens with two attached hydrogens (primary N) is 4. The van der Waals surface area contributed by atoms with E-state index in [0.29, 0.717) is 73.9 Å². The summed E-state index contributed by atoms with van der Waals surface area (Å²) in [4.78, 5) is 76.1. The van der Waals surface area contributed by atoms with Gasteiger partial charge in [0, 0.05) is 12.8 Å². The van der Waals surface area contributed by atoms with Crippen molar-refractivity contribution in [3.63, 3.8) is 0 Å². The van der Waals surface area contributed by atoms with Gasteiger partial charge in [-0.1, -0.05) is 283 Å². The van der Waals surface area contributed by atoms with Crippen molar-refractivity contribution in [2.75, 3.05) is 13.1 Å². The van der Waals surface area contributed by atoms with Crippen LogP contribution in [0.15, 0.2) is 259 Å². The first-order chi connectivity index (χ1) is 49.6. The molecule has 110 heavy (non-hydrogen) atoms. The molecule has 0 aromatic rings. The lowest BCUT2D eigenvalue weighted by Crippen LogP contribution is -2.42. The third-order valence-corrected chi connectivity index (χ3v) is 19.6. The fraction of sp³-hybridized carbons (Fsp3) is 0.457. The first-order valence-corrected chi connectivity index (χ1v) is 37.5. The number of ketones is 4. The van der Waals surface area contributed by atoms with E-state index in [1.165, 1.54) is 0 Å². The number of carbonyl (C=O) groups is 6. The standard InChI is InChI=1S/C52H76N4O6.C40H52O4.4ClH/c1-35(21-17-23-37(3)27-29-41-39(5)47(57)45(33-51(41,7)8)61-49(59)43(55)25-13-15-31-53)19-11-12-20-36(2)22-18-24-38(4)28-30-42-40(6)48(58)46(34-52(42,9)10)62-50(60)44(56)26-14-16-32-54;1-27(17-13-19-29(3)21-23-33-31(5)37(43)35(41)25-39(33,7)8)15-11-12-16-28(2)18-14-20-30(4)22-24-34-32(6)38(44)36(42)26-40(34,9)10;;;;/h11-12,17-24,27-30,43-46H,13-16,25-26,31-34,53-56H2,1-10H3;11-24,35-36,41-42H,25-26H2,1-10H3;4*1H/b12-11+,21-17+,22-18+,29-27+,30-28+,35-19+,36-20+,37-23+,38-24+;12-11+,17-13+,18-14+,23-21+,24-22+,27-15+,28-16+,29-19+,30-20+;;;;. The van der Waals surface area contributed by atoms with Crippen LogP contribution in [0.2, 0.25) is 0 Å². The normalized spacial score (nSPS) is 22.1. The molecule has 0 aromatic heterocycles. The minimum absolute atomic E-state index is 0. The predicted octanol–water partition coefficient (Wildman–Crippen LogP) is 19.5. The first kappa shape index (κ1) is 105. The molecular weight excluding hydrogens is 1460 g/mol. The summed E-state index contributed by atoms with van der Waals surface area (Å²) in [6.07, 6.45) is 58.8. The van der Waals surface area contributed by atoms with Gasteiger partial charge in [-0.2, -0.15) is 0 Å². The van der Waals surface area contributed by atoms with E-state index in [2.05, 4.69) is 93.5 Å². The van der Waals surface area contributed by atoms with Crippen molar-refractivity contribution in [3.05, 3.63) is 259 Å². The maximum Gasteiger partial charge on any atom is 0.323 e. The fourth-order valence-electron chi connectivity index (χ4n) is 13.1. The van der Waals surface area contributed by atoms with E-state index in [1.807, 2.05) is 187 Å². The highest BCUT2D eigenvalue weighted by molar-refractivity contribution is 6.03. The van der Waals surface area contributed by atoms with Crippen molar-refractivity contribution in [1.82, 2.24) is 0 Å². The number of aliphatic hydroxyl groups is 2. The molecule has 608 valence electrons. The molecule has 6 unspecified atom stereocenters. The van der Waals surface area contributed by atoms with Crippen LogP contribution in [0.25, 0.3) is 0 Å². The highest BCUT2D eigenvalue weighted by Crippen LogP contribution is 2.44. The summed E-state index contributed by atoms with van der Waals surface area (Å²) >= 11 is 0. The van der Waals surface area contributed by atoms with Crippen molar-refractivity contribution in [3.8, 4) is 0 Å². The number of rotatable bonds is 32. The molecule has 0 amide bonds. The van der Waals surface area contributed by atoms with Crippen LogP contribution in [0.1, 0.15) is 203 Å². The molecule has 18 heteroatoms. The zero-order valence-corrected chi connectivity index (χ0v) is 72.5. The zero-order chi connectivity index (χ0) is 79.9. The van der Waals surface area contributed by atoms with Crippen molar-refractivity contribution < 1.29 is 48.5 Å². The van der Waals surface area contributed by atoms with Gasteiger partial charge in [0.1, 0.15) is 24.3 Å². The largest absolute Gasteiger partial charge is 0.453 e. The minimum Gasteiger partial charge on any atom is -0.453 e. The molecule has 0 radical (unpaired) electrons. The maximum atomic E-state index is 13.2. The molecule has 0 aromatic carbocycles. The lowest BCUT2D eigenvalue weighted by atomic mass is 9.71. The van der Waals surface area contributed by atoms with E-state index in [9.17, 15) is 39.0 Å². The predicted molar refractivity (Wildman–Crippen MR) is 468 cm³/mol. The van der Waals surface area contributed by atoms with E-state index >= 15 is 0 Å². The Bertz CT molecular complexity index is 3670. The molecule has 14 nitrogen and oxygen atoms in total. The zero-order valence-electron chi connectivity index (χ0n) is 69.2. The Kier molecular flexibility index (Phi) is 48.4. The van der Waals surface area contributed by atoms with Crippen molar-refractivity contribution in [2.24, 2.45) is 44.6 Å². The van der Waals surface area contributed by atoms with Crippen LogP contribution in [0.4, 0.5) is 0 Å². The van der Waals surface area contributed by atoms with E-state index in [4.69, 9.17) is 32.4 Å². The Labute approximate surface area is 685 Å². The number of Topliss-reactive ketones (excluding diaryl/α,β-unsaturated/α-hetero) is 4. The molecule has 0 saturated heterocycles. The summed E-state index contributed by atoms with van der Waals surface area (Å²) in [5.74, 6) is -1.79. The molecule has 6 atom stereocenters. The van der Waals surface area contributed by atoms with E-state index in [0.717, 1.165) is 92.6 Å². The minimum atomic E-state index is -0.907. The van der Waals surface area contributed by atoms with Crippen LogP contribution in [-0.4, -0.2) is 94.9 Å². The average Bonchev–Trinajstić information content (AvgIpc) is 0.803. The summed E-state index contributed by atoms with van der Waals surface area (Å²) in [6, 6.07) is -1.52. The van der Waals surface area contributed by atoms with Gasteiger partial charge < -0.3 is 42.6 Å². The summed E-state index contributed by atoms with van der Waals surface area (Å²) in [5.41, 5.74) is 36.8. The molecule has 4 aliphatic rings. The molecule has 0 heterocycles. The fourth-order valence-corrected chi connectivity index (χ4v) is 13.1.